The summed E-state index contributed by atoms with van der Waals surface area (Å²) in [4.78, 5) is 6.38. The van der Waals surface area contributed by atoms with Crippen LogP contribution in [-0.4, -0.2) is 30.7 Å². The van der Waals surface area contributed by atoms with E-state index in [2.05, 4.69) is 15.2 Å². The highest BCUT2D eigenvalue weighted by molar-refractivity contribution is 6.41. The number of anilines is 1. The third kappa shape index (κ3) is 1.59. The molecule has 80 valence electrons. The van der Waals surface area contributed by atoms with Gasteiger partial charge in [-0.05, 0) is 6.07 Å². The van der Waals surface area contributed by atoms with Crippen molar-refractivity contribution in [2.45, 2.75) is 6.04 Å². The first-order chi connectivity index (χ1) is 7.24. The van der Waals surface area contributed by atoms with Crippen LogP contribution in [0.2, 0.25) is 10.2 Å². The Morgan fingerprint density at radius 2 is 2.27 bits per heavy atom. The lowest BCUT2D eigenvalue weighted by molar-refractivity contribution is 0.297. The highest BCUT2D eigenvalue weighted by atomic mass is 35.5. The van der Waals surface area contributed by atoms with Crippen molar-refractivity contribution < 1.29 is 0 Å². The first-order valence-corrected chi connectivity index (χ1v) is 5.79. The van der Waals surface area contributed by atoms with Gasteiger partial charge in [-0.25, -0.2) is 4.98 Å². The summed E-state index contributed by atoms with van der Waals surface area (Å²) in [6, 6.07) is 2.54. The summed E-state index contributed by atoms with van der Waals surface area (Å²) in [6.45, 7) is 3.28. The molecular weight excluding hydrogens is 233 g/mol. The number of rotatable bonds is 1. The fraction of sp³-hybridized carbons (Fsp3) is 0.500. The summed E-state index contributed by atoms with van der Waals surface area (Å²) in [5.74, 6) is 0.791. The van der Waals surface area contributed by atoms with E-state index in [1.807, 2.05) is 6.07 Å². The number of halogens is 2. The predicted octanol–water partition coefficient (Wildman–Crippen LogP) is 1.80. The van der Waals surface area contributed by atoms with Crippen molar-refractivity contribution >= 4 is 28.9 Å². The normalized spacial score (nSPS) is 28.8. The molecule has 0 bridgehead atoms. The Hall–Kier alpha value is -0.510. The molecule has 2 saturated heterocycles. The second kappa shape index (κ2) is 3.51. The molecule has 15 heavy (non-hydrogen) atoms. The third-order valence-corrected chi connectivity index (χ3v) is 3.92. The highest BCUT2D eigenvalue weighted by Crippen LogP contribution is 2.30. The largest absolute Gasteiger partial charge is 0.368 e. The van der Waals surface area contributed by atoms with E-state index in [1.54, 1.807) is 6.20 Å². The first kappa shape index (κ1) is 9.70. The minimum Gasteiger partial charge on any atom is -0.368 e. The smallest absolute Gasteiger partial charge is 0.147 e. The molecule has 0 aromatic carbocycles. The Labute approximate surface area is 98.4 Å². The van der Waals surface area contributed by atoms with E-state index in [9.17, 15) is 0 Å². The van der Waals surface area contributed by atoms with E-state index in [1.165, 1.54) is 0 Å². The Balaban J connectivity index is 1.84. The zero-order chi connectivity index (χ0) is 10.4. The molecule has 0 spiro atoms. The summed E-state index contributed by atoms with van der Waals surface area (Å²) in [7, 11) is 0. The maximum Gasteiger partial charge on any atom is 0.147 e. The van der Waals surface area contributed by atoms with Gasteiger partial charge in [-0.1, -0.05) is 23.2 Å². The van der Waals surface area contributed by atoms with Gasteiger partial charge >= 0.3 is 0 Å². The van der Waals surface area contributed by atoms with E-state index in [0.29, 0.717) is 16.2 Å². The molecule has 0 radical (unpaired) electrons. The van der Waals surface area contributed by atoms with Gasteiger partial charge in [-0.3, -0.25) is 0 Å². The number of pyridine rings is 1. The lowest BCUT2D eigenvalue weighted by Crippen LogP contribution is -2.51. The van der Waals surface area contributed by atoms with Crippen LogP contribution in [0.15, 0.2) is 12.3 Å². The Bertz CT molecular complexity index is 384. The summed E-state index contributed by atoms with van der Waals surface area (Å²) in [6.07, 6.45) is 1.79. The van der Waals surface area contributed by atoms with Gasteiger partial charge in [0, 0.05) is 31.6 Å². The molecule has 3 heterocycles. The monoisotopic (exact) mass is 243 g/mol. The molecular formula is C10H11Cl2N3. The van der Waals surface area contributed by atoms with Crippen LogP contribution < -0.4 is 10.2 Å². The molecule has 1 aromatic rings. The maximum absolute atomic E-state index is 5.94. The van der Waals surface area contributed by atoms with Crippen LogP contribution in [0.3, 0.4) is 0 Å². The number of hydrogen-bond acceptors (Lipinski definition) is 3. The van der Waals surface area contributed by atoms with E-state index in [-0.39, 0.29) is 0 Å². The fourth-order valence-corrected chi connectivity index (χ4v) is 2.51. The molecule has 3 rings (SSSR count). The molecule has 2 atom stereocenters. The predicted molar refractivity (Wildman–Crippen MR) is 61.8 cm³/mol. The number of nitrogens with one attached hydrogen (secondary N) is 1. The average Bonchev–Trinajstić information content (AvgIpc) is 2.48. The van der Waals surface area contributed by atoms with Crippen molar-refractivity contribution in [1.29, 1.82) is 0 Å². The first-order valence-electron chi connectivity index (χ1n) is 5.03. The molecule has 1 N–H and O–H groups in total. The molecule has 2 aliphatic heterocycles. The molecule has 0 aliphatic carbocycles. The summed E-state index contributed by atoms with van der Waals surface area (Å²) < 4.78 is 0. The number of nitrogens with zero attached hydrogens (tertiary/aromatic N) is 2. The van der Waals surface area contributed by atoms with Crippen LogP contribution in [0.4, 0.5) is 5.69 Å². The van der Waals surface area contributed by atoms with Crippen LogP contribution in [-0.2, 0) is 0 Å². The number of hydrogen-bond donors (Lipinski definition) is 1. The molecule has 2 fully saturated rings. The van der Waals surface area contributed by atoms with Gasteiger partial charge in [0.25, 0.3) is 0 Å². The molecule has 0 saturated carbocycles. The van der Waals surface area contributed by atoms with Crippen molar-refractivity contribution in [3.63, 3.8) is 0 Å². The van der Waals surface area contributed by atoms with E-state index in [0.717, 1.165) is 31.2 Å². The van der Waals surface area contributed by atoms with Gasteiger partial charge in [-0.2, -0.15) is 0 Å². The molecule has 0 unspecified atom stereocenters. The van der Waals surface area contributed by atoms with Gasteiger partial charge in [0.2, 0.25) is 0 Å². The van der Waals surface area contributed by atoms with Crippen LogP contribution >= 0.6 is 23.2 Å². The van der Waals surface area contributed by atoms with Gasteiger partial charge in [0.1, 0.15) is 5.15 Å². The lowest BCUT2D eigenvalue weighted by atomic mass is 9.96. The van der Waals surface area contributed by atoms with Crippen molar-refractivity contribution in [2.75, 3.05) is 24.5 Å². The van der Waals surface area contributed by atoms with Crippen molar-refractivity contribution in [3.05, 3.63) is 22.4 Å². The molecule has 0 amide bonds. The minimum atomic E-state index is 0.376. The van der Waals surface area contributed by atoms with E-state index >= 15 is 0 Å². The zero-order valence-corrected chi connectivity index (χ0v) is 9.59. The highest BCUT2D eigenvalue weighted by Gasteiger charge is 2.39. The standard InChI is InChI=1S/C10H11Cl2N3/c11-8-1-7(3-14-10(8)12)15-4-6-2-13-9(6)5-15/h1,3,6,9,13H,2,4-5H2/t6-,9-/m1/s1. The van der Waals surface area contributed by atoms with Gasteiger partial charge in [-0.15, -0.1) is 0 Å². The zero-order valence-electron chi connectivity index (χ0n) is 8.08. The van der Waals surface area contributed by atoms with E-state index < -0.39 is 0 Å². The topological polar surface area (TPSA) is 28.2 Å². The Morgan fingerprint density at radius 1 is 1.40 bits per heavy atom. The lowest BCUT2D eigenvalue weighted by Gasteiger charge is -2.29. The summed E-state index contributed by atoms with van der Waals surface area (Å²) in [5.41, 5.74) is 1.07. The van der Waals surface area contributed by atoms with Crippen molar-refractivity contribution in [2.24, 2.45) is 5.92 Å². The van der Waals surface area contributed by atoms with E-state index in [4.69, 9.17) is 23.2 Å². The van der Waals surface area contributed by atoms with Crippen molar-refractivity contribution in [3.8, 4) is 0 Å². The van der Waals surface area contributed by atoms with Crippen LogP contribution in [0, 0.1) is 5.92 Å². The quantitative estimate of drug-likeness (QED) is 0.763. The summed E-state index contributed by atoms with van der Waals surface area (Å²) >= 11 is 11.7. The summed E-state index contributed by atoms with van der Waals surface area (Å²) in [5, 5.41) is 4.32. The number of aromatic nitrogens is 1. The Kier molecular flexibility index (Phi) is 2.27. The molecule has 2 aliphatic rings. The van der Waals surface area contributed by atoms with Crippen LogP contribution in [0.5, 0.6) is 0 Å². The second-order valence-electron chi connectivity index (χ2n) is 4.15. The second-order valence-corrected chi connectivity index (χ2v) is 4.91. The van der Waals surface area contributed by atoms with Gasteiger partial charge < -0.3 is 10.2 Å². The van der Waals surface area contributed by atoms with Crippen LogP contribution in [0.1, 0.15) is 0 Å². The van der Waals surface area contributed by atoms with Gasteiger partial charge in [0.05, 0.1) is 16.9 Å². The fourth-order valence-electron chi connectivity index (χ4n) is 2.25. The third-order valence-electron chi connectivity index (χ3n) is 3.23. The van der Waals surface area contributed by atoms with Crippen molar-refractivity contribution in [1.82, 2.24) is 10.3 Å². The molecule has 1 aromatic heterocycles. The Morgan fingerprint density at radius 3 is 2.80 bits per heavy atom. The van der Waals surface area contributed by atoms with Gasteiger partial charge in [0.15, 0.2) is 0 Å². The van der Waals surface area contributed by atoms with Crippen LogP contribution in [0.25, 0.3) is 0 Å². The maximum atomic E-state index is 5.94. The average molecular weight is 244 g/mol. The minimum absolute atomic E-state index is 0.376. The molecule has 3 nitrogen and oxygen atoms in total. The number of fused-ring (bicyclic) bond motifs is 1. The molecule has 5 heteroatoms. The SMILES string of the molecule is Clc1cc(N2C[C@H]3CN[C@@H]3C2)cnc1Cl.